The molecule has 0 saturated heterocycles. The van der Waals surface area contributed by atoms with Gasteiger partial charge >= 0.3 is 0 Å². The predicted molar refractivity (Wildman–Crippen MR) is 73.1 cm³/mol. The SMILES string of the molecule is C[C@@H](O[Si](C)(C)C(C)(C)C)c1ccccc1. The molecule has 1 atom stereocenters. The van der Waals surface area contributed by atoms with E-state index < -0.39 is 8.32 Å². The Morgan fingerprint density at radius 3 is 2.00 bits per heavy atom. The van der Waals surface area contributed by atoms with E-state index in [0.717, 1.165) is 0 Å². The summed E-state index contributed by atoms with van der Waals surface area (Å²) >= 11 is 0. The molecule has 0 N–H and O–H groups in total. The van der Waals surface area contributed by atoms with Crippen molar-refractivity contribution in [2.75, 3.05) is 0 Å². The highest BCUT2D eigenvalue weighted by atomic mass is 28.4. The van der Waals surface area contributed by atoms with Crippen molar-refractivity contribution in [2.45, 2.75) is 51.9 Å². The first-order valence-electron chi connectivity index (χ1n) is 5.97. The molecule has 0 radical (unpaired) electrons. The molecule has 1 nitrogen and oxygen atoms in total. The molecule has 0 fully saturated rings. The van der Waals surface area contributed by atoms with Crippen molar-refractivity contribution in [3.63, 3.8) is 0 Å². The molecule has 0 aliphatic rings. The minimum absolute atomic E-state index is 0.196. The molecule has 1 rings (SSSR count). The summed E-state index contributed by atoms with van der Waals surface area (Å²) < 4.78 is 6.33. The fraction of sp³-hybridized carbons (Fsp3) is 0.571. The van der Waals surface area contributed by atoms with Crippen LogP contribution < -0.4 is 0 Å². The molecular weight excluding hydrogens is 212 g/mol. The molecule has 0 unspecified atom stereocenters. The molecule has 1 aromatic rings. The van der Waals surface area contributed by atoms with Gasteiger partial charge in [0, 0.05) is 0 Å². The van der Waals surface area contributed by atoms with Gasteiger partial charge in [-0.05, 0) is 30.6 Å². The Balaban J connectivity index is 2.76. The second-order valence-electron chi connectivity index (χ2n) is 5.93. The number of hydrogen-bond donors (Lipinski definition) is 0. The van der Waals surface area contributed by atoms with Crippen LogP contribution in [0.2, 0.25) is 18.1 Å². The molecule has 90 valence electrons. The zero-order valence-corrected chi connectivity index (χ0v) is 12.4. The van der Waals surface area contributed by atoms with Gasteiger partial charge in [-0.2, -0.15) is 0 Å². The lowest BCUT2D eigenvalue weighted by molar-refractivity contribution is 0.203. The van der Waals surface area contributed by atoms with Crippen LogP contribution in [0, 0.1) is 0 Å². The van der Waals surface area contributed by atoms with Crippen molar-refractivity contribution in [1.29, 1.82) is 0 Å². The van der Waals surface area contributed by atoms with E-state index >= 15 is 0 Å². The molecule has 0 aliphatic heterocycles. The van der Waals surface area contributed by atoms with Crippen LogP contribution in [0.3, 0.4) is 0 Å². The van der Waals surface area contributed by atoms with Gasteiger partial charge in [0.05, 0.1) is 6.10 Å². The molecular formula is C14H24OSi. The van der Waals surface area contributed by atoms with Gasteiger partial charge in [-0.1, -0.05) is 51.1 Å². The molecule has 16 heavy (non-hydrogen) atoms. The molecule has 0 amide bonds. The molecule has 2 heteroatoms. The third-order valence-electron chi connectivity index (χ3n) is 3.55. The third-order valence-corrected chi connectivity index (χ3v) is 8.10. The lowest BCUT2D eigenvalue weighted by atomic mass is 10.1. The van der Waals surface area contributed by atoms with Crippen LogP contribution in [0.5, 0.6) is 0 Å². The average molecular weight is 236 g/mol. The average Bonchev–Trinajstić information content (AvgIpc) is 2.16. The van der Waals surface area contributed by atoms with Crippen molar-refractivity contribution in [3.8, 4) is 0 Å². The van der Waals surface area contributed by atoms with E-state index in [1.165, 1.54) is 5.56 Å². The van der Waals surface area contributed by atoms with Gasteiger partial charge < -0.3 is 4.43 Å². The van der Waals surface area contributed by atoms with Crippen molar-refractivity contribution < 1.29 is 4.43 Å². The van der Waals surface area contributed by atoms with Crippen LogP contribution in [0.1, 0.15) is 39.4 Å². The summed E-state index contributed by atoms with van der Waals surface area (Å²) in [6.07, 6.45) is 0.196. The van der Waals surface area contributed by atoms with Gasteiger partial charge in [-0.15, -0.1) is 0 Å². The van der Waals surface area contributed by atoms with Crippen molar-refractivity contribution in [1.82, 2.24) is 0 Å². The maximum atomic E-state index is 6.33. The van der Waals surface area contributed by atoms with Gasteiger partial charge in [0.25, 0.3) is 0 Å². The van der Waals surface area contributed by atoms with Crippen LogP contribution >= 0.6 is 0 Å². The lowest BCUT2D eigenvalue weighted by Crippen LogP contribution is -2.41. The molecule has 0 spiro atoms. The Bertz CT molecular complexity index is 324. The largest absolute Gasteiger partial charge is 0.410 e. The zero-order valence-electron chi connectivity index (χ0n) is 11.4. The van der Waals surface area contributed by atoms with E-state index in [1.54, 1.807) is 0 Å². The van der Waals surface area contributed by atoms with Crippen LogP contribution in [0.4, 0.5) is 0 Å². The first kappa shape index (κ1) is 13.5. The summed E-state index contributed by atoms with van der Waals surface area (Å²) in [5, 5.41) is 0.274. The summed E-state index contributed by atoms with van der Waals surface area (Å²) in [7, 11) is -1.65. The van der Waals surface area contributed by atoms with Crippen molar-refractivity contribution >= 4 is 8.32 Å². The van der Waals surface area contributed by atoms with Crippen LogP contribution in [0.25, 0.3) is 0 Å². The van der Waals surface area contributed by atoms with Crippen molar-refractivity contribution in [3.05, 3.63) is 35.9 Å². The summed E-state index contributed by atoms with van der Waals surface area (Å²) in [6.45, 7) is 13.6. The van der Waals surface area contributed by atoms with Crippen LogP contribution in [-0.2, 0) is 4.43 Å². The zero-order chi connectivity index (χ0) is 12.4. The normalized spacial score (nSPS) is 14.9. The second-order valence-corrected chi connectivity index (χ2v) is 10.7. The number of hydrogen-bond acceptors (Lipinski definition) is 1. The minimum Gasteiger partial charge on any atom is -0.410 e. The van der Waals surface area contributed by atoms with Gasteiger partial charge in [0.15, 0.2) is 8.32 Å². The summed E-state index contributed by atoms with van der Waals surface area (Å²) in [4.78, 5) is 0. The Morgan fingerprint density at radius 1 is 1.06 bits per heavy atom. The first-order valence-corrected chi connectivity index (χ1v) is 8.87. The molecule has 0 aliphatic carbocycles. The third kappa shape index (κ3) is 3.19. The standard InChI is InChI=1S/C14H24OSi/c1-12(13-10-8-7-9-11-13)15-16(5,6)14(2,3)4/h7-12H,1-6H3/t12-/m1/s1. The van der Waals surface area contributed by atoms with E-state index in [0.29, 0.717) is 0 Å². The van der Waals surface area contributed by atoms with E-state index in [2.05, 4.69) is 65.1 Å². The number of benzene rings is 1. The van der Waals surface area contributed by atoms with E-state index in [-0.39, 0.29) is 11.1 Å². The van der Waals surface area contributed by atoms with Gasteiger partial charge in [0.1, 0.15) is 0 Å². The lowest BCUT2D eigenvalue weighted by Gasteiger charge is -2.38. The fourth-order valence-electron chi connectivity index (χ4n) is 1.41. The Labute approximate surface area is 101 Å². The molecule has 0 bridgehead atoms. The van der Waals surface area contributed by atoms with E-state index in [4.69, 9.17) is 4.43 Å². The Kier molecular flexibility index (Phi) is 3.97. The maximum Gasteiger partial charge on any atom is 0.192 e. The van der Waals surface area contributed by atoms with Crippen LogP contribution in [0.15, 0.2) is 30.3 Å². The fourth-order valence-corrected chi connectivity index (χ4v) is 2.78. The van der Waals surface area contributed by atoms with E-state index in [9.17, 15) is 0 Å². The predicted octanol–water partition coefficient (Wildman–Crippen LogP) is 4.77. The highest BCUT2D eigenvalue weighted by molar-refractivity contribution is 6.74. The highest BCUT2D eigenvalue weighted by Crippen LogP contribution is 2.39. The highest BCUT2D eigenvalue weighted by Gasteiger charge is 2.38. The first-order chi connectivity index (χ1) is 7.24. The van der Waals surface area contributed by atoms with E-state index in [1.807, 2.05) is 6.07 Å². The maximum absolute atomic E-state index is 6.33. The van der Waals surface area contributed by atoms with Crippen LogP contribution in [-0.4, -0.2) is 8.32 Å². The quantitative estimate of drug-likeness (QED) is 0.687. The summed E-state index contributed by atoms with van der Waals surface area (Å²) in [5.41, 5.74) is 1.27. The summed E-state index contributed by atoms with van der Waals surface area (Å²) in [5.74, 6) is 0. The van der Waals surface area contributed by atoms with Crippen molar-refractivity contribution in [2.24, 2.45) is 0 Å². The number of rotatable bonds is 3. The van der Waals surface area contributed by atoms with Gasteiger partial charge in [0.2, 0.25) is 0 Å². The monoisotopic (exact) mass is 236 g/mol. The Hall–Kier alpha value is -0.603. The molecule has 1 aromatic carbocycles. The molecule has 0 aromatic heterocycles. The molecule has 0 heterocycles. The van der Waals surface area contributed by atoms with Gasteiger partial charge in [-0.3, -0.25) is 0 Å². The topological polar surface area (TPSA) is 9.23 Å². The minimum atomic E-state index is -1.65. The summed E-state index contributed by atoms with van der Waals surface area (Å²) in [6, 6.07) is 10.5. The smallest absolute Gasteiger partial charge is 0.192 e. The second kappa shape index (κ2) is 4.72. The Morgan fingerprint density at radius 2 is 1.56 bits per heavy atom. The molecule has 0 saturated carbocycles. The van der Waals surface area contributed by atoms with Gasteiger partial charge in [-0.25, -0.2) is 0 Å².